The molecule has 1 fully saturated rings. The number of oxazole rings is 1. The number of aliphatic hydroxyl groups excluding tert-OH is 1. The van der Waals surface area contributed by atoms with Gasteiger partial charge in [0.2, 0.25) is 11.7 Å². The number of hydrogen-bond acceptors (Lipinski definition) is 5. The average Bonchev–Trinajstić information content (AvgIpc) is 3.18. The molecule has 1 saturated carbocycles. The summed E-state index contributed by atoms with van der Waals surface area (Å²) < 4.78 is 5.12. The molecular formula is C21H27N3O4. The number of carbonyl (C=O) groups excluding carboxylic acids is 2. The predicted molar refractivity (Wildman–Crippen MR) is 104 cm³/mol. The lowest BCUT2D eigenvalue weighted by Gasteiger charge is -2.34. The molecule has 0 aliphatic heterocycles. The molecule has 28 heavy (non-hydrogen) atoms. The lowest BCUT2D eigenvalue weighted by molar-refractivity contribution is -0.119. The normalized spacial score (nSPS) is 25.0. The van der Waals surface area contributed by atoms with Crippen molar-refractivity contribution in [2.45, 2.75) is 50.2 Å². The van der Waals surface area contributed by atoms with Gasteiger partial charge in [-0.1, -0.05) is 30.3 Å². The molecule has 1 aliphatic carbocycles. The van der Waals surface area contributed by atoms with Gasteiger partial charge in [0.15, 0.2) is 6.39 Å². The highest BCUT2D eigenvalue weighted by atomic mass is 16.3. The van der Waals surface area contributed by atoms with Gasteiger partial charge in [-0.3, -0.25) is 9.59 Å². The molecule has 1 aromatic carbocycles. The van der Waals surface area contributed by atoms with Crippen LogP contribution in [0.3, 0.4) is 0 Å². The molecule has 1 aliphatic rings. The molecule has 7 nitrogen and oxygen atoms in total. The van der Waals surface area contributed by atoms with E-state index >= 15 is 0 Å². The van der Waals surface area contributed by atoms with E-state index in [0.717, 1.165) is 18.4 Å². The molecule has 150 valence electrons. The summed E-state index contributed by atoms with van der Waals surface area (Å²) in [6.07, 6.45) is 4.57. The molecule has 1 aromatic heterocycles. The molecule has 7 heteroatoms. The van der Waals surface area contributed by atoms with Gasteiger partial charge in [-0.05, 0) is 31.2 Å². The summed E-state index contributed by atoms with van der Waals surface area (Å²) in [5.74, 6) is -0.212. The second kappa shape index (κ2) is 8.56. The van der Waals surface area contributed by atoms with Crippen molar-refractivity contribution in [1.29, 1.82) is 0 Å². The minimum atomic E-state index is -0.653. The van der Waals surface area contributed by atoms with Crippen molar-refractivity contribution in [2.24, 2.45) is 0 Å². The molecule has 2 aromatic rings. The van der Waals surface area contributed by atoms with Gasteiger partial charge < -0.3 is 19.7 Å². The molecule has 1 heterocycles. The SMILES string of the molecule is CC(=O)NC[C@]1(c2ccccc2)CC[C@@H](O)[C@H](N(C)C(=O)c2cnco2)CC1. The van der Waals surface area contributed by atoms with Crippen LogP contribution in [0.5, 0.6) is 0 Å². The van der Waals surface area contributed by atoms with Gasteiger partial charge >= 0.3 is 0 Å². The summed E-state index contributed by atoms with van der Waals surface area (Å²) in [6.45, 7) is 2.02. The van der Waals surface area contributed by atoms with Crippen molar-refractivity contribution in [3.8, 4) is 0 Å². The Morgan fingerprint density at radius 2 is 2.00 bits per heavy atom. The van der Waals surface area contributed by atoms with Gasteiger partial charge in [0, 0.05) is 25.9 Å². The highest BCUT2D eigenvalue weighted by Crippen LogP contribution is 2.39. The highest BCUT2D eigenvalue weighted by molar-refractivity contribution is 5.91. The Kier molecular flexibility index (Phi) is 6.14. The van der Waals surface area contributed by atoms with Crippen LogP contribution in [0.1, 0.15) is 48.7 Å². The number of aliphatic hydroxyl groups is 1. The third-order valence-electron chi connectivity index (χ3n) is 5.80. The molecule has 0 saturated heterocycles. The minimum absolute atomic E-state index is 0.0748. The molecule has 2 amide bonds. The molecule has 0 bridgehead atoms. The summed E-state index contributed by atoms with van der Waals surface area (Å²) in [5, 5.41) is 13.8. The van der Waals surface area contributed by atoms with Crippen molar-refractivity contribution in [1.82, 2.24) is 15.2 Å². The Labute approximate surface area is 164 Å². The first-order chi connectivity index (χ1) is 13.4. The van der Waals surface area contributed by atoms with Crippen molar-refractivity contribution < 1.29 is 19.1 Å². The standard InChI is InChI=1S/C21H27N3O4/c1-15(25)23-13-21(16-6-4-3-5-7-16)10-8-17(18(26)9-11-21)24(2)20(27)19-12-22-14-28-19/h3-7,12,14,17-18,26H,8-11,13H2,1-2H3,(H,23,25)/t17-,18-,21-/m1/s1. The number of carbonyl (C=O) groups is 2. The first-order valence-corrected chi connectivity index (χ1v) is 9.57. The quantitative estimate of drug-likeness (QED) is 0.769. The van der Waals surface area contributed by atoms with Gasteiger partial charge in [0.05, 0.1) is 18.3 Å². The third kappa shape index (κ3) is 4.25. The van der Waals surface area contributed by atoms with E-state index in [2.05, 4.69) is 22.4 Å². The number of likely N-dealkylation sites (N-methyl/N-ethyl adjacent to an activating group) is 1. The summed E-state index contributed by atoms with van der Waals surface area (Å²) in [7, 11) is 1.68. The lowest BCUT2D eigenvalue weighted by atomic mass is 9.74. The van der Waals surface area contributed by atoms with Crippen molar-refractivity contribution in [2.75, 3.05) is 13.6 Å². The first kappa shape index (κ1) is 20.1. The zero-order chi connectivity index (χ0) is 20.1. The number of amides is 2. The molecular weight excluding hydrogens is 358 g/mol. The maximum atomic E-state index is 12.6. The number of hydrogen-bond donors (Lipinski definition) is 2. The molecule has 0 spiro atoms. The summed E-state index contributed by atoms with van der Waals surface area (Å²) in [6, 6.07) is 9.75. The Morgan fingerprint density at radius 3 is 2.64 bits per heavy atom. The van der Waals surface area contributed by atoms with Crippen LogP contribution in [0.25, 0.3) is 0 Å². The summed E-state index contributed by atoms with van der Waals surface area (Å²) in [4.78, 5) is 29.5. The zero-order valence-corrected chi connectivity index (χ0v) is 16.3. The highest BCUT2D eigenvalue weighted by Gasteiger charge is 2.40. The first-order valence-electron chi connectivity index (χ1n) is 9.57. The molecule has 2 N–H and O–H groups in total. The van der Waals surface area contributed by atoms with Crippen molar-refractivity contribution in [3.63, 3.8) is 0 Å². The van der Waals surface area contributed by atoms with Crippen LogP contribution in [-0.4, -0.2) is 52.5 Å². The van der Waals surface area contributed by atoms with E-state index in [1.807, 2.05) is 18.2 Å². The fourth-order valence-electron chi connectivity index (χ4n) is 4.11. The summed E-state index contributed by atoms with van der Waals surface area (Å²) in [5.41, 5.74) is 0.861. The largest absolute Gasteiger partial charge is 0.438 e. The number of nitrogens with one attached hydrogen (secondary N) is 1. The van der Waals surface area contributed by atoms with E-state index in [0.29, 0.717) is 19.4 Å². The van der Waals surface area contributed by atoms with E-state index in [4.69, 9.17) is 4.42 Å². The van der Waals surface area contributed by atoms with Crippen LogP contribution in [0, 0.1) is 0 Å². The second-order valence-electron chi connectivity index (χ2n) is 7.55. The Hall–Kier alpha value is -2.67. The van der Waals surface area contributed by atoms with E-state index in [1.54, 1.807) is 11.9 Å². The van der Waals surface area contributed by atoms with Crippen LogP contribution in [0.15, 0.2) is 47.3 Å². The van der Waals surface area contributed by atoms with Crippen LogP contribution >= 0.6 is 0 Å². The van der Waals surface area contributed by atoms with Crippen molar-refractivity contribution in [3.05, 3.63) is 54.2 Å². The smallest absolute Gasteiger partial charge is 0.291 e. The van der Waals surface area contributed by atoms with E-state index < -0.39 is 6.10 Å². The number of benzene rings is 1. The van der Waals surface area contributed by atoms with Crippen molar-refractivity contribution >= 4 is 11.8 Å². The van der Waals surface area contributed by atoms with E-state index in [9.17, 15) is 14.7 Å². The second-order valence-corrected chi connectivity index (χ2v) is 7.55. The van der Waals surface area contributed by atoms with E-state index in [-0.39, 0.29) is 29.0 Å². The average molecular weight is 385 g/mol. The van der Waals surface area contributed by atoms with Gasteiger partial charge in [0.1, 0.15) is 0 Å². The molecule has 0 radical (unpaired) electrons. The Bertz CT molecular complexity index is 793. The van der Waals surface area contributed by atoms with Gasteiger partial charge in [-0.15, -0.1) is 0 Å². The fraction of sp³-hybridized carbons (Fsp3) is 0.476. The van der Waals surface area contributed by atoms with Crippen LogP contribution in [-0.2, 0) is 10.2 Å². The number of rotatable bonds is 5. The molecule has 3 rings (SSSR count). The monoisotopic (exact) mass is 385 g/mol. The van der Waals surface area contributed by atoms with Crippen LogP contribution in [0.4, 0.5) is 0 Å². The van der Waals surface area contributed by atoms with Gasteiger partial charge in [-0.2, -0.15) is 0 Å². The predicted octanol–water partition coefficient (Wildman–Crippen LogP) is 2.12. The zero-order valence-electron chi connectivity index (χ0n) is 16.3. The molecule has 3 atom stereocenters. The third-order valence-corrected chi connectivity index (χ3v) is 5.80. The number of nitrogens with zero attached hydrogens (tertiary/aromatic N) is 2. The van der Waals surface area contributed by atoms with Gasteiger partial charge in [-0.25, -0.2) is 4.98 Å². The Morgan fingerprint density at radius 1 is 1.29 bits per heavy atom. The van der Waals surface area contributed by atoms with Crippen LogP contribution < -0.4 is 5.32 Å². The number of aromatic nitrogens is 1. The lowest BCUT2D eigenvalue weighted by Crippen LogP contribution is -2.44. The maximum Gasteiger partial charge on any atom is 0.291 e. The molecule has 0 unspecified atom stereocenters. The van der Waals surface area contributed by atoms with E-state index in [1.165, 1.54) is 19.5 Å². The fourth-order valence-corrected chi connectivity index (χ4v) is 4.11. The van der Waals surface area contributed by atoms with Crippen LogP contribution in [0.2, 0.25) is 0 Å². The Balaban J connectivity index is 1.83. The van der Waals surface area contributed by atoms with Gasteiger partial charge in [0.25, 0.3) is 5.91 Å². The minimum Gasteiger partial charge on any atom is -0.438 e. The maximum absolute atomic E-state index is 12.6. The topological polar surface area (TPSA) is 95.7 Å². The summed E-state index contributed by atoms with van der Waals surface area (Å²) >= 11 is 0.